The van der Waals surface area contributed by atoms with Gasteiger partial charge in [0, 0.05) is 13.1 Å². The highest BCUT2D eigenvalue weighted by atomic mass is 16.5. The first-order valence-electron chi connectivity index (χ1n) is 7.41. The molecule has 2 rings (SSSR count). The molecule has 0 radical (unpaired) electrons. The summed E-state index contributed by atoms with van der Waals surface area (Å²) in [6.07, 6.45) is 5.21. The van der Waals surface area contributed by atoms with Crippen LogP contribution < -0.4 is 0 Å². The lowest BCUT2D eigenvalue weighted by Crippen LogP contribution is -2.46. The molecule has 0 saturated carbocycles. The molecule has 0 N–H and O–H groups in total. The molecule has 5 nitrogen and oxygen atoms in total. The number of piperidine rings is 1. The zero-order valence-electron chi connectivity index (χ0n) is 11.8. The molecule has 2 aliphatic heterocycles. The molecule has 2 aliphatic rings. The Bertz CT molecular complexity index is 327. The number of nitrogens with zero attached hydrogens (tertiary/aromatic N) is 2. The van der Waals surface area contributed by atoms with Gasteiger partial charge in [0.05, 0.1) is 13.2 Å². The van der Waals surface area contributed by atoms with Crippen LogP contribution in [0.25, 0.3) is 0 Å². The molecule has 0 aromatic rings. The predicted octanol–water partition coefficient (Wildman–Crippen LogP) is 1.03. The number of carbonyl (C=O) groups is 2. The van der Waals surface area contributed by atoms with Gasteiger partial charge in [-0.15, -0.1) is 0 Å². The maximum Gasteiger partial charge on any atom is 0.323 e. The lowest BCUT2D eigenvalue weighted by Gasteiger charge is -2.30. The van der Waals surface area contributed by atoms with Crippen molar-refractivity contribution in [3.8, 4) is 0 Å². The van der Waals surface area contributed by atoms with E-state index in [9.17, 15) is 9.59 Å². The van der Waals surface area contributed by atoms with E-state index in [1.54, 1.807) is 0 Å². The minimum atomic E-state index is -0.214. The van der Waals surface area contributed by atoms with Crippen LogP contribution in [0.3, 0.4) is 0 Å². The van der Waals surface area contributed by atoms with Gasteiger partial charge in [0.2, 0.25) is 5.91 Å². The number of hydrogen-bond donors (Lipinski definition) is 0. The summed E-state index contributed by atoms with van der Waals surface area (Å²) in [4.78, 5) is 28.0. The number of ether oxygens (including phenoxy) is 1. The van der Waals surface area contributed by atoms with Crippen molar-refractivity contribution >= 4 is 11.9 Å². The molecule has 1 unspecified atom stereocenters. The van der Waals surface area contributed by atoms with Gasteiger partial charge in [-0.1, -0.05) is 0 Å². The molecule has 0 spiro atoms. The highest BCUT2D eigenvalue weighted by Gasteiger charge is 2.33. The third-order valence-electron chi connectivity index (χ3n) is 3.97. The molecule has 0 aromatic heterocycles. The highest BCUT2D eigenvalue weighted by Crippen LogP contribution is 2.19. The average molecular weight is 268 g/mol. The van der Waals surface area contributed by atoms with Crippen molar-refractivity contribution in [3.05, 3.63) is 0 Å². The van der Waals surface area contributed by atoms with Gasteiger partial charge in [-0.2, -0.15) is 0 Å². The molecule has 1 atom stereocenters. The zero-order chi connectivity index (χ0) is 13.7. The van der Waals surface area contributed by atoms with E-state index in [1.807, 2.05) is 16.7 Å². The van der Waals surface area contributed by atoms with Gasteiger partial charge in [-0.25, -0.2) is 0 Å². The number of rotatable bonds is 4. The maximum atomic E-state index is 12.2. The fourth-order valence-corrected chi connectivity index (χ4v) is 2.94. The minimum absolute atomic E-state index is 0.163. The Morgan fingerprint density at radius 3 is 2.53 bits per heavy atom. The highest BCUT2D eigenvalue weighted by molar-refractivity contribution is 5.81. The van der Waals surface area contributed by atoms with Gasteiger partial charge in [0.15, 0.2) is 0 Å². The Labute approximate surface area is 114 Å². The Hall–Kier alpha value is -1.10. The summed E-state index contributed by atoms with van der Waals surface area (Å²) in [7, 11) is 0. The van der Waals surface area contributed by atoms with E-state index in [1.165, 1.54) is 6.42 Å². The number of carbonyl (C=O) groups excluding carboxylic acids is 2. The van der Waals surface area contributed by atoms with E-state index in [4.69, 9.17) is 4.74 Å². The van der Waals surface area contributed by atoms with Crippen LogP contribution in [0, 0.1) is 0 Å². The topological polar surface area (TPSA) is 49.9 Å². The summed E-state index contributed by atoms with van der Waals surface area (Å²) in [6.45, 7) is 5.15. The normalized spacial score (nSPS) is 24.5. The van der Waals surface area contributed by atoms with Crippen molar-refractivity contribution < 1.29 is 14.3 Å². The summed E-state index contributed by atoms with van der Waals surface area (Å²) in [6, 6.07) is -0.214. The second-order valence-corrected chi connectivity index (χ2v) is 5.32. The zero-order valence-corrected chi connectivity index (χ0v) is 11.8. The van der Waals surface area contributed by atoms with Crippen LogP contribution in [0.4, 0.5) is 0 Å². The second kappa shape index (κ2) is 6.89. The minimum Gasteiger partial charge on any atom is -0.465 e. The van der Waals surface area contributed by atoms with Crippen molar-refractivity contribution in [1.29, 1.82) is 0 Å². The molecule has 0 aliphatic carbocycles. The molecule has 2 fully saturated rings. The van der Waals surface area contributed by atoms with Crippen molar-refractivity contribution in [2.75, 3.05) is 32.8 Å². The Kier molecular flexibility index (Phi) is 5.19. The Morgan fingerprint density at radius 1 is 1.11 bits per heavy atom. The van der Waals surface area contributed by atoms with E-state index in [-0.39, 0.29) is 17.9 Å². The van der Waals surface area contributed by atoms with Crippen molar-refractivity contribution in [2.24, 2.45) is 0 Å². The van der Waals surface area contributed by atoms with Gasteiger partial charge < -0.3 is 9.64 Å². The Morgan fingerprint density at radius 2 is 1.84 bits per heavy atom. The lowest BCUT2D eigenvalue weighted by molar-refractivity contribution is -0.149. The summed E-state index contributed by atoms with van der Waals surface area (Å²) in [5.41, 5.74) is 0. The second-order valence-electron chi connectivity index (χ2n) is 5.32. The molecule has 5 heteroatoms. The van der Waals surface area contributed by atoms with Crippen LogP contribution in [0.2, 0.25) is 0 Å². The largest absolute Gasteiger partial charge is 0.465 e. The van der Waals surface area contributed by atoms with E-state index in [0.717, 1.165) is 45.3 Å². The average Bonchev–Trinajstić information content (AvgIpc) is 2.88. The molecule has 108 valence electrons. The third-order valence-corrected chi connectivity index (χ3v) is 3.97. The molecule has 1 amide bonds. The number of amides is 1. The van der Waals surface area contributed by atoms with Crippen LogP contribution >= 0.6 is 0 Å². The van der Waals surface area contributed by atoms with Crippen LogP contribution in [0.15, 0.2) is 0 Å². The quantitative estimate of drug-likeness (QED) is 0.715. The van der Waals surface area contributed by atoms with Gasteiger partial charge in [0.1, 0.15) is 6.04 Å². The van der Waals surface area contributed by atoms with E-state index in [0.29, 0.717) is 13.2 Å². The summed E-state index contributed by atoms with van der Waals surface area (Å²) in [5.74, 6) is -0.0117. The standard InChI is InChI=1S/C14H24N2O3/c1-2-19-14(18)12-7-6-10-16(12)11-13(17)15-8-4-3-5-9-15/h12H,2-11H2,1H3. The summed E-state index contributed by atoms with van der Waals surface area (Å²) in [5, 5.41) is 0. The van der Waals surface area contributed by atoms with Gasteiger partial charge >= 0.3 is 5.97 Å². The monoisotopic (exact) mass is 268 g/mol. The van der Waals surface area contributed by atoms with Crippen LogP contribution in [0.5, 0.6) is 0 Å². The van der Waals surface area contributed by atoms with Crippen LogP contribution in [-0.2, 0) is 14.3 Å². The lowest BCUT2D eigenvalue weighted by atomic mass is 10.1. The van der Waals surface area contributed by atoms with Crippen molar-refractivity contribution in [1.82, 2.24) is 9.80 Å². The molecule has 0 bridgehead atoms. The van der Waals surface area contributed by atoms with Gasteiger partial charge in [-0.3, -0.25) is 14.5 Å². The fourth-order valence-electron chi connectivity index (χ4n) is 2.94. The molecule has 2 heterocycles. The fraction of sp³-hybridized carbons (Fsp3) is 0.857. The van der Waals surface area contributed by atoms with E-state index < -0.39 is 0 Å². The molecule has 2 saturated heterocycles. The summed E-state index contributed by atoms with van der Waals surface area (Å²) < 4.78 is 5.08. The number of esters is 1. The summed E-state index contributed by atoms with van der Waals surface area (Å²) >= 11 is 0. The number of hydrogen-bond acceptors (Lipinski definition) is 4. The van der Waals surface area contributed by atoms with Crippen molar-refractivity contribution in [3.63, 3.8) is 0 Å². The number of likely N-dealkylation sites (tertiary alicyclic amines) is 2. The first-order valence-corrected chi connectivity index (χ1v) is 7.41. The molecular formula is C14H24N2O3. The predicted molar refractivity (Wildman–Crippen MR) is 71.7 cm³/mol. The van der Waals surface area contributed by atoms with Gasteiger partial charge in [-0.05, 0) is 45.6 Å². The van der Waals surface area contributed by atoms with Gasteiger partial charge in [0.25, 0.3) is 0 Å². The Balaban J connectivity index is 1.86. The van der Waals surface area contributed by atoms with Crippen LogP contribution in [-0.4, -0.2) is 60.5 Å². The molecule has 0 aromatic carbocycles. The van der Waals surface area contributed by atoms with E-state index in [2.05, 4.69) is 0 Å². The van der Waals surface area contributed by atoms with E-state index >= 15 is 0 Å². The molecule has 19 heavy (non-hydrogen) atoms. The SMILES string of the molecule is CCOC(=O)C1CCCN1CC(=O)N1CCCCC1. The smallest absolute Gasteiger partial charge is 0.323 e. The van der Waals surface area contributed by atoms with Crippen LogP contribution in [0.1, 0.15) is 39.0 Å². The maximum absolute atomic E-state index is 12.2. The van der Waals surface area contributed by atoms with Crippen molar-refractivity contribution in [2.45, 2.75) is 45.1 Å². The first kappa shape index (κ1) is 14.3. The third kappa shape index (κ3) is 3.69. The first-order chi connectivity index (χ1) is 9.22. The molecular weight excluding hydrogens is 244 g/mol.